The van der Waals surface area contributed by atoms with Crippen molar-refractivity contribution in [1.29, 1.82) is 0 Å². The maximum atomic E-state index is 13.7. The molecule has 4 heteroatoms. The van der Waals surface area contributed by atoms with Crippen LogP contribution in [0, 0.1) is 11.7 Å². The van der Waals surface area contributed by atoms with Gasteiger partial charge in [0.1, 0.15) is 5.82 Å². The van der Waals surface area contributed by atoms with E-state index in [9.17, 15) is 4.39 Å². The highest BCUT2D eigenvalue weighted by Gasteiger charge is 2.26. The standard InChI is InChI=1S/C13H18ClFN2/c1-9-8-17(6-5-12(9)16-2)13-7-10(14)3-4-11(13)15/h3-4,7,9,12,16H,5-6,8H2,1-2H3. The Kier molecular flexibility index (Phi) is 3.89. The number of nitrogens with zero attached hydrogens (tertiary/aromatic N) is 1. The van der Waals surface area contributed by atoms with Crippen molar-refractivity contribution in [3.63, 3.8) is 0 Å². The first-order valence-corrected chi connectivity index (χ1v) is 6.37. The first kappa shape index (κ1) is 12.7. The molecule has 1 saturated heterocycles. The molecule has 1 aliphatic heterocycles. The molecular weight excluding hydrogens is 239 g/mol. The van der Waals surface area contributed by atoms with Crippen LogP contribution in [0.5, 0.6) is 0 Å². The number of benzene rings is 1. The average Bonchev–Trinajstić information content (AvgIpc) is 2.32. The van der Waals surface area contributed by atoms with Crippen molar-refractivity contribution in [2.24, 2.45) is 5.92 Å². The lowest BCUT2D eigenvalue weighted by atomic mass is 9.93. The van der Waals surface area contributed by atoms with Crippen LogP contribution in [0.4, 0.5) is 10.1 Å². The third-order valence-corrected chi connectivity index (χ3v) is 3.76. The summed E-state index contributed by atoms with van der Waals surface area (Å²) in [6.45, 7) is 3.92. The van der Waals surface area contributed by atoms with Gasteiger partial charge in [0.25, 0.3) is 0 Å². The zero-order valence-electron chi connectivity index (χ0n) is 10.2. The molecule has 0 saturated carbocycles. The van der Waals surface area contributed by atoms with E-state index in [1.165, 1.54) is 6.07 Å². The summed E-state index contributed by atoms with van der Waals surface area (Å²) in [7, 11) is 1.98. The van der Waals surface area contributed by atoms with Gasteiger partial charge in [0.2, 0.25) is 0 Å². The van der Waals surface area contributed by atoms with Gasteiger partial charge >= 0.3 is 0 Å². The zero-order valence-corrected chi connectivity index (χ0v) is 11.0. The lowest BCUT2D eigenvalue weighted by Gasteiger charge is -2.38. The van der Waals surface area contributed by atoms with Crippen LogP contribution in [0.2, 0.25) is 5.02 Å². The molecule has 0 bridgehead atoms. The Bertz CT molecular complexity index is 397. The van der Waals surface area contributed by atoms with Crippen LogP contribution in [0.25, 0.3) is 0 Å². The smallest absolute Gasteiger partial charge is 0.146 e. The normalized spacial score (nSPS) is 25.1. The summed E-state index contributed by atoms with van der Waals surface area (Å²) < 4.78 is 13.7. The predicted molar refractivity (Wildman–Crippen MR) is 70.3 cm³/mol. The van der Waals surface area contributed by atoms with Gasteiger partial charge in [-0.15, -0.1) is 0 Å². The third kappa shape index (κ3) is 2.72. The SMILES string of the molecule is CNC1CCN(c2cc(Cl)ccc2F)CC1C. The zero-order chi connectivity index (χ0) is 12.4. The molecule has 94 valence electrons. The second-order valence-corrected chi connectivity index (χ2v) is 5.14. The number of hydrogen-bond donors (Lipinski definition) is 1. The summed E-state index contributed by atoms with van der Waals surface area (Å²) in [6.07, 6.45) is 1.03. The van der Waals surface area contributed by atoms with Crippen molar-refractivity contribution in [3.8, 4) is 0 Å². The topological polar surface area (TPSA) is 15.3 Å². The number of piperidine rings is 1. The van der Waals surface area contributed by atoms with E-state index in [1.807, 2.05) is 7.05 Å². The van der Waals surface area contributed by atoms with E-state index in [2.05, 4.69) is 17.1 Å². The highest BCUT2D eigenvalue weighted by Crippen LogP contribution is 2.28. The third-order valence-electron chi connectivity index (χ3n) is 3.52. The van der Waals surface area contributed by atoms with Gasteiger partial charge in [-0.25, -0.2) is 4.39 Å². The summed E-state index contributed by atoms with van der Waals surface area (Å²) in [6, 6.07) is 5.26. The van der Waals surface area contributed by atoms with E-state index >= 15 is 0 Å². The second-order valence-electron chi connectivity index (χ2n) is 4.70. The number of rotatable bonds is 2. The van der Waals surface area contributed by atoms with Crippen LogP contribution in [0.3, 0.4) is 0 Å². The first-order valence-electron chi connectivity index (χ1n) is 5.99. The molecule has 0 radical (unpaired) electrons. The Morgan fingerprint density at radius 1 is 1.47 bits per heavy atom. The number of anilines is 1. The van der Waals surface area contributed by atoms with Gasteiger partial charge in [-0.2, -0.15) is 0 Å². The van der Waals surface area contributed by atoms with Crippen LogP contribution >= 0.6 is 11.6 Å². The molecule has 0 aliphatic carbocycles. The molecule has 1 heterocycles. The fraction of sp³-hybridized carbons (Fsp3) is 0.538. The van der Waals surface area contributed by atoms with Gasteiger partial charge < -0.3 is 10.2 Å². The summed E-state index contributed by atoms with van der Waals surface area (Å²) in [4.78, 5) is 2.08. The Labute approximate surface area is 107 Å². The van der Waals surface area contributed by atoms with Gasteiger partial charge in [0, 0.05) is 24.2 Å². The van der Waals surface area contributed by atoms with Gasteiger partial charge in [-0.05, 0) is 37.6 Å². The minimum Gasteiger partial charge on any atom is -0.369 e. The van der Waals surface area contributed by atoms with Crippen LogP contribution in [-0.4, -0.2) is 26.2 Å². The Morgan fingerprint density at radius 2 is 2.24 bits per heavy atom. The number of hydrogen-bond acceptors (Lipinski definition) is 2. The minimum absolute atomic E-state index is 0.190. The van der Waals surface area contributed by atoms with E-state index in [0.29, 0.717) is 22.7 Å². The average molecular weight is 257 g/mol. The molecule has 2 nitrogen and oxygen atoms in total. The molecule has 0 aromatic heterocycles. The van der Waals surface area contributed by atoms with Crippen molar-refractivity contribution in [2.75, 3.05) is 25.0 Å². The van der Waals surface area contributed by atoms with Crippen molar-refractivity contribution >= 4 is 17.3 Å². The fourth-order valence-electron chi connectivity index (χ4n) is 2.52. The van der Waals surface area contributed by atoms with Crippen LogP contribution < -0.4 is 10.2 Å². The van der Waals surface area contributed by atoms with Gasteiger partial charge in [-0.3, -0.25) is 0 Å². The van der Waals surface area contributed by atoms with Crippen molar-refractivity contribution in [3.05, 3.63) is 29.0 Å². The lowest BCUT2D eigenvalue weighted by molar-refractivity contribution is 0.337. The van der Waals surface area contributed by atoms with Crippen molar-refractivity contribution in [1.82, 2.24) is 5.32 Å². The number of halogens is 2. The maximum Gasteiger partial charge on any atom is 0.146 e. The van der Waals surface area contributed by atoms with Crippen LogP contribution in [0.15, 0.2) is 18.2 Å². The molecule has 0 spiro atoms. The van der Waals surface area contributed by atoms with E-state index in [4.69, 9.17) is 11.6 Å². The van der Waals surface area contributed by atoms with Gasteiger partial charge in [0.05, 0.1) is 5.69 Å². The van der Waals surface area contributed by atoms with E-state index < -0.39 is 0 Å². The maximum absolute atomic E-state index is 13.7. The van der Waals surface area contributed by atoms with Crippen molar-refractivity contribution in [2.45, 2.75) is 19.4 Å². The predicted octanol–water partition coefficient (Wildman–Crippen LogP) is 2.91. The molecular formula is C13H18ClFN2. The molecule has 1 aromatic rings. The summed E-state index contributed by atoms with van der Waals surface area (Å²) in [5.74, 6) is 0.316. The number of nitrogens with one attached hydrogen (secondary N) is 1. The van der Waals surface area contributed by atoms with Gasteiger partial charge in [0.15, 0.2) is 0 Å². The Morgan fingerprint density at radius 3 is 2.88 bits per heavy atom. The second kappa shape index (κ2) is 5.23. The monoisotopic (exact) mass is 256 g/mol. The summed E-state index contributed by atoms with van der Waals surface area (Å²) in [5.41, 5.74) is 0.624. The first-order chi connectivity index (χ1) is 8.11. The molecule has 1 aromatic carbocycles. The fourth-order valence-corrected chi connectivity index (χ4v) is 2.69. The Balaban J connectivity index is 2.16. The quantitative estimate of drug-likeness (QED) is 0.875. The summed E-state index contributed by atoms with van der Waals surface area (Å²) >= 11 is 5.92. The lowest BCUT2D eigenvalue weighted by Crippen LogP contribution is -2.47. The molecule has 1 fully saturated rings. The van der Waals surface area contributed by atoms with E-state index in [0.717, 1.165) is 19.5 Å². The molecule has 2 rings (SSSR count). The molecule has 0 amide bonds. The van der Waals surface area contributed by atoms with Gasteiger partial charge in [-0.1, -0.05) is 18.5 Å². The molecule has 1 aliphatic rings. The van der Waals surface area contributed by atoms with Crippen LogP contribution in [0.1, 0.15) is 13.3 Å². The summed E-state index contributed by atoms with van der Waals surface area (Å²) in [5, 5.41) is 3.89. The van der Waals surface area contributed by atoms with Crippen LogP contribution in [-0.2, 0) is 0 Å². The molecule has 2 atom stereocenters. The van der Waals surface area contributed by atoms with Crippen molar-refractivity contribution < 1.29 is 4.39 Å². The highest BCUT2D eigenvalue weighted by molar-refractivity contribution is 6.30. The molecule has 17 heavy (non-hydrogen) atoms. The highest BCUT2D eigenvalue weighted by atomic mass is 35.5. The molecule has 2 unspecified atom stereocenters. The molecule has 1 N–H and O–H groups in total. The van der Waals surface area contributed by atoms with E-state index in [-0.39, 0.29) is 5.82 Å². The largest absolute Gasteiger partial charge is 0.369 e. The Hall–Kier alpha value is -0.800. The van der Waals surface area contributed by atoms with E-state index in [1.54, 1.807) is 12.1 Å². The minimum atomic E-state index is -0.190.